The van der Waals surface area contributed by atoms with Gasteiger partial charge in [-0.2, -0.15) is 0 Å². The van der Waals surface area contributed by atoms with E-state index in [1.807, 2.05) is 12.1 Å². The van der Waals surface area contributed by atoms with Crippen molar-refractivity contribution in [2.24, 2.45) is 0 Å². The Kier molecular flexibility index (Phi) is 8.74. The minimum Gasteiger partial charge on any atom is -0.321 e. The predicted molar refractivity (Wildman–Crippen MR) is 151 cm³/mol. The van der Waals surface area contributed by atoms with Gasteiger partial charge < -0.3 is 10.6 Å². The van der Waals surface area contributed by atoms with Gasteiger partial charge in [-0.3, -0.25) is 14.4 Å². The average molecular weight is 569 g/mol. The molecule has 0 unspecified atom stereocenters. The van der Waals surface area contributed by atoms with E-state index < -0.39 is 17.6 Å². The average Bonchev–Trinajstić information content (AvgIpc) is 2.94. The number of rotatable bonds is 8. The van der Waals surface area contributed by atoms with E-state index in [1.165, 1.54) is 18.2 Å². The second-order valence-electron chi connectivity index (χ2n) is 8.18. The van der Waals surface area contributed by atoms with Gasteiger partial charge in [0.05, 0.1) is 0 Å². The summed E-state index contributed by atoms with van der Waals surface area (Å²) >= 11 is 3.38. The third-order valence-electron chi connectivity index (χ3n) is 5.46. The van der Waals surface area contributed by atoms with Gasteiger partial charge >= 0.3 is 0 Å². The number of ketones is 1. The van der Waals surface area contributed by atoms with Crippen molar-refractivity contribution in [3.63, 3.8) is 0 Å². The molecule has 0 bridgehead atoms. The van der Waals surface area contributed by atoms with Crippen molar-refractivity contribution < 1.29 is 18.8 Å². The normalized spacial score (nSPS) is 11.3. The van der Waals surface area contributed by atoms with Crippen LogP contribution < -0.4 is 10.6 Å². The zero-order chi connectivity index (χ0) is 26.9. The number of allylic oxidation sites excluding steroid dienone is 1. The third-order valence-corrected chi connectivity index (χ3v) is 5.99. The van der Waals surface area contributed by atoms with Crippen molar-refractivity contribution in [1.82, 2.24) is 5.32 Å². The van der Waals surface area contributed by atoms with Crippen LogP contribution in [0.25, 0.3) is 12.2 Å². The first-order valence-electron chi connectivity index (χ1n) is 11.6. The third kappa shape index (κ3) is 7.21. The van der Waals surface area contributed by atoms with Gasteiger partial charge in [0.2, 0.25) is 0 Å². The van der Waals surface area contributed by atoms with Crippen LogP contribution in [-0.4, -0.2) is 17.6 Å². The molecule has 0 fully saturated rings. The minimum absolute atomic E-state index is 0.0501. The van der Waals surface area contributed by atoms with Gasteiger partial charge in [0.25, 0.3) is 11.8 Å². The van der Waals surface area contributed by atoms with Crippen molar-refractivity contribution in [2.75, 3.05) is 5.32 Å². The van der Waals surface area contributed by atoms with Crippen LogP contribution in [0.15, 0.2) is 119 Å². The number of carbonyl (C=O) groups is 3. The molecular weight excluding hydrogens is 547 g/mol. The SMILES string of the molecule is O=C(Nc1ccc(C(=O)/C=C/c2ccccc2F)cc1)/C(=C/c1ccc(Br)cc1)NC(=O)c1ccccc1. The molecule has 0 saturated heterocycles. The summed E-state index contributed by atoms with van der Waals surface area (Å²) in [6.07, 6.45) is 4.29. The van der Waals surface area contributed by atoms with Crippen LogP contribution >= 0.6 is 15.9 Å². The van der Waals surface area contributed by atoms with E-state index >= 15 is 0 Å². The lowest BCUT2D eigenvalue weighted by atomic mass is 10.1. The molecule has 7 heteroatoms. The lowest BCUT2D eigenvalue weighted by Gasteiger charge is -2.12. The molecule has 0 heterocycles. The van der Waals surface area contributed by atoms with Crippen LogP contribution in [0.2, 0.25) is 0 Å². The Hall–Kier alpha value is -4.62. The first-order valence-corrected chi connectivity index (χ1v) is 12.4. The molecule has 0 aliphatic heterocycles. The number of nitrogens with one attached hydrogen (secondary N) is 2. The zero-order valence-electron chi connectivity index (χ0n) is 20.0. The molecule has 0 aliphatic rings. The van der Waals surface area contributed by atoms with E-state index in [4.69, 9.17) is 0 Å². The summed E-state index contributed by atoms with van der Waals surface area (Å²) in [5, 5.41) is 5.44. The van der Waals surface area contributed by atoms with E-state index in [0.29, 0.717) is 27.9 Å². The molecule has 38 heavy (non-hydrogen) atoms. The summed E-state index contributed by atoms with van der Waals surface area (Å²) in [4.78, 5) is 38.4. The summed E-state index contributed by atoms with van der Waals surface area (Å²) in [6.45, 7) is 0. The molecule has 0 atom stereocenters. The van der Waals surface area contributed by atoms with Crippen LogP contribution in [0.5, 0.6) is 0 Å². The van der Waals surface area contributed by atoms with E-state index in [-0.39, 0.29) is 11.5 Å². The van der Waals surface area contributed by atoms with Crippen molar-refractivity contribution in [3.8, 4) is 0 Å². The molecule has 0 spiro atoms. The number of hydrogen-bond donors (Lipinski definition) is 2. The number of hydrogen-bond acceptors (Lipinski definition) is 3. The molecule has 5 nitrogen and oxygen atoms in total. The molecule has 0 saturated carbocycles. The number of carbonyl (C=O) groups excluding carboxylic acids is 3. The molecule has 4 aromatic carbocycles. The molecular formula is C31H22BrFN2O3. The second kappa shape index (κ2) is 12.6. The first-order chi connectivity index (χ1) is 18.4. The summed E-state index contributed by atoms with van der Waals surface area (Å²) in [7, 11) is 0. The first kappa shape index (κ1) is 26.4. The molecule has 188 valence electrons. The van der Waals surface area contributed by atoms with Crippen molar-refractivity contribution >= 4 is 51.4 Å². The van der Waals surface area contributed by atoms with E-state index in [2.05, 4.69) is 26.6 Å². The number of anilines is 1. The van der Waals surface area contributed by atoms with E-state index in [9.17, 15) is 18.8 Å². The number of halogens is 2. The lowest BCUT2D eigenvalue weighted by molar-refractivity contribution is -0.113. The monoisotopic (exact) mass is 568 g/mol. The Balaban J connectivity index is 1.49. The van der Waals surface area contributed by atoms with Gasteiger partial charge in [0.1, 0.15) is 11.5 Å². The largest absolute Gasteiger partial charge is 0.321 e. The molecule has 4 rings (SSSR count). The van der Waals surface area contributed by atoms with Gasteiger partial charge in [-0.15, -0.1) is 0 Å². The molecule has 4 aromatic rings. The quantitative estimate of drug-likeness (QED) is 0.179. The Morgan fingerprint density at radius 2 is 1.39 bits per heavy atom. The van der Waals surface area contributed by atoms with Crippen LogP contribution in [0, 0.1) is 5.82 Å². The van der Waals surface area contributed by atoms with Crippen molar-refractivity contribution in [1.29, 1.82) is 0 Å². The summed E-state index contributed by atoms with van der Waals surface area (Å²) in [5.41, 5.74) is 2.29. The maximum absolute atomic E-state index is 13.8. The number of benzene rings is 4. The standard InChI is InChI=1S/C31H22BrFN2O3/c32-25-15-10-21(11-16-25)20-28(35-30(37)24-7-2-1-3-8-24)31(38)34-26-17-12-23(13-18-26)29(36)19-14-22-6-4-5-9-27(22)33/h1-20H,(H,34,38)(H,35,37)/b19-14+,28-20-. The summed E-state index contributed by atoms with van der Waals surface area (Å²) in [5.74, 6) is -1.68. The fraction of sp³-hybridized carbons (Fsp3) is 0. The minimum atomic E-state index is -0.532. The van der Waals surface area contributed by atoms with Gasteiger partial charge in [-0.05, 0) is 78.4 Å². The lowest BCUT2D eigenvalue weighted by Crippen LogP contribution is -2.30. The van der Waals surface area contributed by atoms with Gasteiger partial charge in [0.15, 0.2) is 5.78 Å². The smallest absolute Gasteiger partial charge is 0.272 e. The molecule has 2 N–H and O–H groups in total. The Morgan fingerprint density at radius 3 is 2.08 bits per heavy atom. The molecule has 2 amide bonds. The van der Waals surface area contributed by atoms with Gasteiger partial charge in [-0.1, -0.05) is 64.5 Å². The molecule has 0 aromatic heterocycles. The van der Waals surface area contributed by atoms with Gasteiger partial charge in [0, 0.05) is 26.9 Å². The second-order valence-corrected chi connectivity index (χ2v) is 9.10. The van der Waals surface area contributed by atoms with Crippen molar-refractivity contribution in [2.45, 2.75) is 0 Å². The number of amides is 2. The van der Waals surface area contributed by atoms with Crippen LogP contribution in [0.1, 0.15) is 31.8 Å². The molecule has 0 radical (unpaired) electrons. The highest BCUT2D eigenvalue weighted by atomic mass is 79.9. The maximum Gasteiger partial charge on any atom is 0.272 e. The van der Waals surface area contributed by atoms with Crippen LogP contribution in [0.4, 0.5) is 10.1 Å². The summed E-state index contributed by atoms with van der Waals surface area (Å²) in [6, 6.07) is 28.3. The topological polar surface area (TPSA) is 75.3 Å². The molecule has 0 aliphatic carbocycles. The van der Waals surface area contributed by atoms with E-state index in [1.54, 1.807) is 91.0 Å². The Labute approximate surface area is 227 Å². The Bertz CT molecular complexity index is 1510. The zero-order valence-corrected chi connectivity index (χ0v) is 21.6. The maximum atomic E-state index is 13.8. The van der Waals surface area contributed by atoms with Crippen molar-refractivity contribution in [3.05, 3.63) is 147 Å². The highest BCUT2D eigenvalue weighted by Crippen LogP contribution is 2.16. The van der Waals surface area contributed by atoms with Crippen LogP contribution in [-0.2, 0) is 4.79 Å². The van der Waals surface area contributed by atoms with E-state index in [0.717, 1.165) is 4.47 Å². The predicted octanol–water partition coefficient (Wildman–Crippen LogP) is 6.89. The fourth-order valence-electron chi connectivity index (χ4n) is 3.46. The summed E-state index contributed by atoms with van der Waals surface area (Å²) < 4.78 is 14.7. The highest BCUT2D eigenvalue weighted by molar-refractivity contribution is 9.10. The van der Waals surface area contributed by atoms with Gasteiger partial charge in [-0.25, -0.2) is 4.39 Å². The Morgan fingerprint density at radius 1 is 0.737 bits per heavy atom. The fourth-order valence-corrected chi connectivity index (χ4v) is 3.72. The highest BCUT2D eigenvalue weighted by Gasteiger charge is 2.15. The van der Waals surface area contributed by atoms with Crippen LogP contribution in [0.3, 0.4) is 0 Å².